The Kier molecular flexibility index (Phi) is 4.52. The van der Waals surface area contributed by atoms with E-state index in [0.29, 0.717) is 11.3 Å². The van der Waals surface area contributed by atoms with E-state index in [1.165, 1.54) is 16.8 Å². The highest BCUT2D eigenvalue weighted by atomic mass is 16.6. The number of amides is 1. The molecule has 1 aliphatic rings. The maximum absolute atomic E-state index is 12.6. The van der Waals surface area contributed by atoms with Gasteiger partial charge in [0, 0.05) is 17.7 Å². The molecule has 142 valence electrons. The number of nitrogens with zero attached hydrogens (tertiary/aromatic N) is 3. The fraction of sp³-hybridized carbons (Fsp3) is 0.200. The first-order valence-electron chi connectivity index (χ1n) is 8.92. The van der Waals surface area contributed by atoms with E-state index in [9.17, 15) is 14.9 Å². The largest absolute Gasteiger partial charge is 0.431 e. The molecule has 1 heterocycles. The van der Waals surface area contributed by atoms with Crippen molar-refractivity contribution >= 4 is 11.6 Å². The summed E-state index contributed by atoms with van der Waals surface area (Å²) in [6, 6.07) is 15.5. The van der Waals surface area contributed by atoms with Crippen LogP contribution in [-0.2, 0) is 0 Å². The second-order valence-corrected chi connectivity index (χ2v) is 6.60. The lowest BCUT2D eigenvalue weighted by atomic mass is 10.2. The molecule has 1 aromatic heterocycles. The van der Waals surface area contributed by atoms with E-state index in [4.69, 9.17) is 4.74 Å². The van der Waals surface area contributed by atoms with Crippen LogP contribution < -0.4 is 10.1 Å². The molecule has 0 spiro atoms. The van der Waals surface area contributed by atoms with Gasteiger partial charge in [-0.1, -0.05) is 30.3 Å². The predicted molar refractivity (Wildman–Crippen MR) is 102 cm³/mol. The fourth-order valence-electron chi connectivity index (χ4n) is 2.84. The first-order chi connectivity index (χ1) is 13.5. The van der Waals surface area contributed by atoms with Gasteiger partial charge in [-0.3, -0.25) is 14.9 Å². The van der Waals surface area contributed by atoms with Crippen LogP contribution in [0.25, 0.3) is 5.69 Å². The molecule has 0 aliphatic heterocycles. The quantitative estimate of drug-likeness (QED) is 0.520. The van der Waals surface area contributed by atoms with Crippen molar-refractivity contribution in [3.63, 3.8) is 0 Å². The molecule has 1 saturated carbocycles. The molecule has 2 aromatic carbocycles. The van der Waals surface area contributed by atoms with Crippen LogP contribution in [-0.4, -0.2) is 26.7 Å². The number of hydrogen-bond acceptors (Lipinski definition) is 5. The smallest absolute Gasteiger partial charge is 0.311 e. The Hall–Kier alpha value is -3.68. The maximum atomic E-state index is 12.6. The summed E-state index contributed by atoms with van der Waals surface area (Å²) in [5.74, 6) is 0.0744. The predicted octanol–water partition coefficient (Wildman–Crippen LogP) is 3.77. The number of carbonyl (C=O) groups excluding carboxylic acids is 1. The molecule has 1 N–H and O–H groups in total. The van der Waals surface area contributed by atoms with Gasteiger partial charge in [-0.2, -0.15) is 9.78 Å². The van der Waals surface area contributed by atoms with Crippen LogP contribution in [0, 0.1) is 17.0 Å². The second kappa shape index (κ2) is 7.15. The third-order valence-electron chi connectivity index (χ3n) is 4.47. The van der Waals surface area contributed by atoms with Gasteiger partial charge in [-0.25, -0.2) is 0 Å². The molecule has 8 heteroatoms. The summed E-state index contributed by atoms with van der Waals surface area (Å²) >= 11 is 0. The molecule has 1 aliphatic carbocycles. The van der Waals surface area contributed by atoms with Crippen molar-refractivity contribution < 1.29 is 14.5 Å². The number of hydrogen-bond donors (Lipinski definition) is 1. The molecule has 3 aromatic rings. The van der Waals surface area contributed by atoms with Crippen molar-refractivity contribution in [3.05, 3.63) is 76.0 Å². The van der Waals surface area contributed by atoms with Crippen LogP contribution in [0.2, 0.25) is 0 Å². The highest BCUT2D eigenvalue weighted by molar-refractivity contribution is 5.94. The van der Waals surface area contributed by atoms with Crippen LogP contribution in [0.3, 0.4) is 0 Å². The molecule has 0 bridgehead atoms. The van der Waals surface area contributed by atoms with Crippen molar-refractivity contribution in [1.29, 1.82) is 0 Å². The van der Waals surface area contributed by atoms with Crippen LogP contribution in [0.5, 0.6) is 11.6 Å². The summed E-state index contributed by atoms with van der Waals surface area (Å²) in [6.07, 6.45) is 1.92. The highest BCUT2D eigenvalue weighted by Gasteiger charge is 2.29. The van der Waals surface area contributed by atoms with Crippen molar-refractivity contribution in [1.82, 2.24) is 15.1 Å². The summed E-state index contributed by atoms with van der Waals surface area (Å²) in [6.45, 7) is 1.72. The Morgan fingerprint density at radius 3 is 2.54 bits per heavy atom. The molecule has 4 rings (SSSR count). The van der Waals surface area contributed by atoms with Gasteiger partial charge in [0.15, 0.2) is 5.69 Å². The number of para-hydroxylation sites is 3. The number of benzene rings is 2. The van der Waals surface area contributed by atoms with Crippen molar-refractivity contribution in [3.8, 4) is 17.3 Å². The zero-order valence-corrected chi connectivity index (χ0v) is 15.2. The monoisotopic (exact) mass is 378 g/mol. The first kappa shape index (κ1) is 17.7. The van der Waals surface area contributed by atoms with E-state index in [2.05, 4.69) is 10.4 Å². The topological polar surface area (TPSA) is 99.3 Å². The molecule has 28 heavy (non-hydrogen) atoms. The number of nitro groups is 1. The van der Waals surface area contributed by atoms with Crippen molar-refractivity contribution in [2.75, 3.05) is 0 Å². The first-order valence-corrected chi connectivity index (χ1v) is 8.92. The average Bonchev–Trinajstić information content (AvgIpc) is 3.45. The lowest BCUT2D eigenvalue weighted by molar-refractivity contribution is -0.385. The summed E-state index contributed by atoms with van der Waals surface area (Å²) in [4.78, 5) is 23.4. The van der Waals surface area contributed by atoms with Gasteiger partial charge in [0.1, 0.15) is 0 Å². The zero-order chi connectivity index (χ0) is 19.7. The number of nitro benzene ring substituents is 1. The third-order valence-corrected chi connectivity index (χ3v) is 4.47. The third kappa shape index (κ3) is 3.44. The summed E-state index contributed by atoms with van der Waals surface area (Å²) in [7, 11) is 0. The van der Waals surface area contributed by atoms with Gasteiger partial charge in [-0.05, 0) is 38.0 Å². The molecule has 0 saturated heterocycles. The summed E-state index contributed by atoms with van der Waals surface area (Å²) < 4.78 is 7.41. The minimum absolute atomic E-state index is 0.0850. The Morgan fingerprint density at radius 2 is 1.86 bits per heavy atom. The Bertz CT molecular complexity index is 1040. The van der Waals surface area contributed by atoms with Gasteiger partial charge in [0.2, 0.25) is 11.6 Å². The average molecular weight is 378 g/mol. The van der Waals surface area contributed by atoms with Gasteiger partial charge in [-0.15, -0.1) is 0 Å². The van der Waals surface area contributed by atoms with E-state index >= 15 is 0 Å². The number of carbonyl (C=O) groups is 1. The van der Waals surface area contributed by atoms with Crippen LogP contribution in [0.1, 0.15) is 28.9 Å². The van der Waals surface area contributed by atoms with Gasteiger partial charge in [0.05, 0.1) is 10.6 Å². The Balaban J connectivity index is 1.79. The van der Waals surface area contributed by atoms with E-state index < -0.39 is 4.92 Å². The Labute approximate surface area is 160 Å². The lowest BCUT2D eigenvalue weighted by Crippen LogP contribution is -2.26. The molecule has 0 radical (unpaired) electrons. The molecular formula is C20H18N4O4. The Morgan fingerprint density at radius 1 is 1.18 bits per heavy atom. The minimum Gasteiger partial charge on any atom is -0.431 e. The molecular weight excluding hydrogens is 360 g/mol. The van der Waals surface area contributed by atoms with Crippen molar-refractivity contribution in [2.45, 2.75) is 25.8 Å². The second-order valence-electron chi connectivity index (χ2n) is 6.60. The van der Waals surface area contributed by atoms with E-state index in [1.54, 1.807) is 19.1 Å². The molecule has 8 nitrogen and oxygen atoms in total. The van der Waals surface area contributed by atoms with Gasteiger partial charge >= 0.3 is 5.69 Å². The molecule has 0 unspecified atom stereocenters. The maximum Gasteiger partial charge on any atom is 0.311 e. The fourth-order valence-corrected chi connectivity index (χ4v) is 2.84. The van der Waals surface area contributed by atoms with E-state index in [1.807, 2.05) is 30.3 Å². The van der Waals surface area contributed by atoms with Gasteiger partial charge in [0.25, 0.3) is 5.91 Å². The normalized spacial score (nSPS) is 13.2. The van der Waals surface area contributed by atoms with Crippen LogP contribution in [0.15, 0.2) is 54.6 Å². The molecule has 0 atom stereocenters. The standard InChI is InChI=1S/C20H18N4O4/c1-13-18(19(25)21-14-11-12-14)22-23(15-7-3-2-4-8-15)20(13)28-17-10-6-5-9-16(17)24(26)27/h2-10,14H,11-12H2,1H3,(H,21,25). The number of nitrogens with one attached hydrogen (secondary N) is 1. The SMILES string of the molecule is Cc1c(C(=O)NC2CC2)nn(-c2ccccc2)c1Oc1ccccc1[N+](=O)[O-]. The highest BCUT2D eigenvalue weighted by Crippen LogP contribution is 2.35. The summed E-state index contributed by atoms with van der Waals surface area (Å²) in [5, 5.41) is 18.7. The van der Waals surface area contributed by atoms with Crippen molar-refractivity contribution in [2.24, 2.45) is 0 Å². The summed E-state index contributed by atoms with van der Waals surface area (Å²) in [5.41, 5.74) is 1.28. The lowest BCUT2D eigenvalue weighted by Gasteiger charge is -2.10. The van der Waals surface area contributed by atoms with E-state index in [-0.39, 0.29) is 35.0 Å². The number of ether oxygens (including phenoxy) is 1. The van der Waals surface area contributed by atoms with Crippen LogP contribution >= 0.6 is 0 Å². The van der Waals surface area contributed by atoms with E-state index in [0.717, 1.165) is 12.8 Å². The van der Waals surface area contributed by atoms with Crippen LogP contribution in [0.4, 0.5) is 5.69 Å². The number of aromatic nitrogens is 2. The molecule has 1 amide bonds. The minimum atomic E-state index is -0.505. The van der Waals surface area contributed by atoms with Gasteiger partial charge < -0.3 is 10.1 Å². The number of rotatable bonds is 6. The molecule has 1 fully saturated rings. The zero-order valence-electron chi connectivity index (χ0n) is 15.2.